The van der Waals surface area contributed by atoms with Gasteiger partial charge in [-0.15, -0.1) is 0 Å². The first-order valence-corrected chi connectivity index (χ1v) is 10.1. The molecule has 1 aromatic heterocycles. The van der Waals surface area contributed by atoms with Crippen LogP contribution in [0.25, 0.3) is 22.2 Å². The predicted molar refractivity (Wildman–Crippen MR) is 109 cm³/mol. The summed E-state index contributed by atoms with van der Waals surface area (Å²) in [5.41, 5.74) is 3.83. The van der Waals surface area contributed by atoms with Crippen LogP contribution in [0.5, 0.6) is 0 Å². The van der Waals surface area contributed by atoms with Crippen LogP contribution in [0, 0.1) is 6.92 Å². The van der Waals surface area contributed by atoms with E-state index in [1.54, 1.807) is 36.4 Å². The Balaban J connectivity index is 1.75. The fourth-order valence-corrected chi connectivity index (χ4v) is 4.01. The number of benzene rings is 3. The van der Waals surface area contributed by atoms with Gasteiger partial charge in [-0.05, 0) is 37.3 Å². The van der Waals surface area contributed by atoms with E-state index < -0.39 is 10.0 Å². The maximum atomic E-state index is 12.8. The zero-order valence-corrected chi connectivity index (χ0v) is 15.6. The monoisotopic (exact) mass is 374 g/mol. The Morgan fingerprint density at radius 1 is 0.778 bits per heavy atom. The molecule has 0 unspecified atom stereocenters. The molecule has 0 radical (unpaired) electrons. The maximum Gasteiger partial charge on any atom is 0.261 e. The van der Waals surface area contributed by atoms with Gasteiger partial charge in [-0.1, -0.05) is 60.2 Å². The molecule has 4 nitrogen and oxygen atoms in total. The van der Waals surface area contributed by atoms with E-state index in [2.05, 4.69) is 9.71 Å². The van der Waals surface area contributed by atoms with E-state index in [9.17, 15) is 8.42 Å². The number of nitrogens with one attached hydrogen (secondary N) is 1. The number of aryl methyl sites for hydroxylation is 1. The van der Waals surface area contributed by atoms with Gasteiger partial charge in [0.2, 0.25) is 0 Å². The minimum atomic E-state index is -3.68. The molecule has 0 saturated heterocycles. The molecule has 0 bridgehead atoms. The van der Waals surface area contributed by atoms with Crippen molar-refractivity contribution in [2.75, 3.05) is 4.72 Å². The van der Waals surface area contributed by atoms with Crippen LogP contribution < -0.4 is 4.72 Å². The molecule has 4 aromatic rings. The first kappa shape index (κ1) is 17.2. The average molecular weight is 374 g/mol. The number of para-hydroxylation sites is 2. The highest BCUT2D eigenvalue weighted by Gasteiger charge is 2.16. The van der Waals surface area contributed by atoms with Crippen molar-refractivity contribution in [3.8, 4) is 11.3 Å². The number of anilines is 1. The van der Waals surface area contributed by atoms with Gasteiger partial charge in [0.25, 0.3) is 10.0 Å². The number of aromatic nitrogens is 1. The fraction of sp³-hybridized carbons (Fsp3) is 0.0455. The average Bonchev–Trinajstić information content (AvgIpc) is 2.68. The quantitative estimate of drug-likeness (QED) is 0.546. The number of hydrogen-bond donors (Lipinski definition) is 1. The highest BCUT2D eigenvalue weighted by molar-refractivity contribution is 7.92. The lowest BCUT2D eigenvalue weighted by Crippen LogP contribution is -2.13. The van der Waals surface area contributed by atoms with E-state index in [-0.39, 0.29) is 4.90 Å². The van der Waals surface area contributed by atoms with Crippen LogP contribution in [0.15, 0.2) is 89.8 Å². The molecule has 0 fully saturated rings. The number of rotatable bonds is 4. The first-order chi connectivity index (χ1) is 13.0. The second kappa shape index (κ2) is 6.85. The van der Waals surface area contributed by atoms with E-state index >= 15 is 0 Å². The molecule has 0 spiro atoms. The van der Waals surface area contributed by atoms with Crippen molar-refractivity contribution in [3.05, 3.63) is 90.5 Å². The van der Waals surface area contributed by atoms with Crippen molar-refractivity contribution in [1.82, 2.24) is 4.98 Å². The summed E-state index contributed by atoms with van der Waals surface area (Å²) in [5.74, 6) is 0. The van der Waals surface area contributed by atoms with Gasteiger partial charge in [0.05, 0.1) is 21.8 Å². The Morgan fingerprint density at radius 2 is 1.48 bits per heavy atom. The zero-order valence-electron chi connectivity index (χ0n) is 14.8. The molecular formula is C22H18N2O2S. The summed E-state index contributed by atoms with van der Waals surface area (Å²) in [7, 11) is -3.68. The van der Waals surface area contributed by atoms with Crippen molar-refractivity contribution in [2.45, 2.75) is 11.8 Å². The minimum absolute atomic E-state index is 0.231. The molecule has 0 aliphatic heterocycles. The lowest BCUT2D eigenvalue weighted by molar-refractivity contribution is 0.601. The molecule has 0 aliphatic rings. The number of hydrogen-bond acceptors (Lipinski definition) is 3. The minimum Gasteiger partial charge on any atom is -0.279 e. The van der Waals surface area contributed by atoms with Gasteiger partial charge in [0, 0.05) is 10.9 Å². The van der Waals surface area contributed by atoms with Gasteiger partial charge >= 0.3 is 0 Å². The fourth-order valence-electron chi connectivity index (χ4n) is 2.93. The first-order valence-electron chi connectivity index (χ1n) is 8.58. The van der Waals surface area contributed by atoms with Crippen LogP contribution in [-0.4, -0.2) is 13.4 Å². The third-order valence-corrected chi connectivity index (χ3v) is 5.76. The van der Waals surface area contributed by atoms with E-state index in [0.29, 0.717) is 5.69 Å². The molecule has 1 N–H and O–H groups in total. The molecule has 0 saturated carbocycles. The Bertz CT molecular complexity index is 1220. The largest absolute Gasteiger partial charge is 0.279 e. The molecule has 0 amide bonds. The summed E-state index contributed by atoms with van der Waals surface area (Å²) >= 11 is 0. The van der Waals surface area contributed by atoms with E-state index in [0.717, 1.165) is 27.7 Å². The van der Waals surface area contributed by atoms with Crippen molar-refractivity contribution >= 4 is 26.6 Å². The third-order valence-electron chi connectivity index (χ3n) is 4.38. The molecule has 1 heterocycles. The smallest absolute Gasteiger partial charge is 0.261 e. The highest BCUT2D eigenvalue weighted by atomic mass is 32.2. The zero-order chi connectivity index (χ0) is 18.9. The van der Waals surface area contributed by atoms with Crippen LogP contribution in [0.1, 0.15) is 5.56 Å². The maximum absolute atomic E-state index is 12.8. The van der Waals surface area contributed by atoms with Crippen molar-refractivity contribution < 1.29 is 8.42 Å². The van der Waals surface area contributed by atoms with E-state index in [1.807, 2.05) is 55.5 Å². The number of fused-ring (bicyclic) bond motifs is 1. The van der Waals surface area contributed by atoms with Crippen LogP contribution in [0.3, 0.4) is 0 Å². The summed E-state index contributed by atoms with van der Waals surface area (Å²) in [5, 5.41) is 1.04. The van der Waals surface area contributed by atoms with Gasteiger partial charge in [-0.25, -0.2) is 13.4 Å². The van der Waals surface area contributed by atoms with E-state index in [1.165, 1.54) is 0 Å². The van der Waals surface area contributed by atoms with Crippen molar-refractivity contribution in [2.24, 2.45) is 0 Å². The van der Waals surface area contributed by atoms with Crippen LogP contribution in [0.4, 0.5) is 5.69 Å². The van der Waals surface area contributed by atoms with Crippen molar-refractivity contribution in [3.63, 3.8) is 0 Å². The van der Waals surface area contributed by atoms with E-state index in [4.69, 9.17) is 0 Å². The molecule has 4 rings (SSSR count). The van der Waals surface area contributed by atoms with Crippen molar-refractivity contribution in [1.29, 1.82) is 0 Å². The second-order valence-electron chi connectivity index (χ2n) is 6.35. The van der Waals surface area contributed by atoms with Crippen LogP contribution in [0.2, 0.25) is 0 Å². The SMILES string of the molecule is Cc1ccc(S(=O)(=O)Nc2ccccc2-c2ccc3ccccc3n2)cc1. The summed E-state index contributed by atoms with van der Waals surface area (Å²) in [4.78, 5) is 4.92. The Labute approximate surface area is 158 Å². The standard InChI is InChI=1S/C22H18N2O2S/c1-16-10-13-18(14-11-16)27(25,26)24-22-9-5-3-7-19(22)21-15-12-17-6-2-4-8-20(17)23-21/h2-15,24H,1H3. The predicted octanol–water partition coefficient (Wildman–Crippen LogP) is 5.01. The lowest BCUT2D eigenvalue weighted by atomic mass is 10.1. The molecule has 5 heteroatoms. The normalized spacial score (nSPS) is 11.4. The summed E-state index contributed by atoms with van der Waals surface area (Å²) in [6.07, 6.45) is 0. The molecular weight excluding hydrogens is 356 g/mol. The summed E-state index contributed by atoms with van der Waals surface area (Å²) < 4.78 is 28.3. The number of nitrogens with zero attached hydrogens (tertiary/aromatic N) is 1. The number of sulfonamides is 1. The van der Waals surface area contributed by atoms with Gasteiger partial charge in [0.1, 0.15) is 0 Å². The molecule has 27 heavy (non-hydrogen) atoms. The Morgan fingerprint density at radius 3 is 2.30 bits per heavy atom. The van der Waals surface area contributed by atoms with Crippen LogP contribution in [-0.2, 0) is 10.0 Å². The lowest BCUT2D eigenvalue weighted by Gasteiger charge is -2.13. The molecule has 134 valence electrons. The second-order valence-corrected chi connectivity index (χ2v) is 8.04. The Hall–Kier alpha value is -3.18. The molecule has 0 aliphatic carbocycles. The third kappa shape index (κ3) is 3.55. The highest BCUT2D eigenvalue weighted by Crippen LogP contribution is 2.29. The molecule has 3 aromatic carbocycles. The summed E-state index contributed by atoms with van der Waals surface area (Å²) in [6.45, 7) is 1.92. The van der Waals surface area contributed by atoms with Gasteiger partial charge in [-0.3, -0.25) is 4.72 Å². The number of pyridine rings is 1. The topological polar surface area (TPSA) is 59.1 Å². The summed E-state index contributed by atoms with van der Waals surface area (Å²) in [6, 6.07) is 25.8. The van der Waals surface area contributed by atoms with Crippen LogP contribution >= 0.6 is 0 Å². The molecule has 0 atom stereocenters. The Kier molecular flexibility index (Phi) is 4.38. The van der Waals surface area contributed by atoms with Gasteiger partial charge in [0.15, 0.2) is 0 Å². The van der Waals surface area contributed by atoms with Gasteiger partial charge < -0.3 is 0 Å². The van der Waals surface area contributed by atoms with Gasteiger partial charge in [-0.2, -0.15) is 0 Å².